The van der Waals surface area contributed by atoms with Gasteiger partial charge in [-0.2, -0.15) is 5.26 Å². The number of hydrogen-bond acceptors (Lipinski definition) is 6. The third kappa shape index (κ3) is 11.2. The van der Waals surface area contributed by atoms with Crippen LogP contribution >= 0.6 is 0 Å². The van der Waals surface area contributed by atoms with Crippen LogP contribution in [-0.2, 0) is 9.47 Å². The first kappa shape index (κ1) is 29.0. The van der Waals surface area contributed by atoms with Gasteiger partial charge in [-0.05, 0) is 63.3 Å². The van der Waals surface area contributed by atoms with Crippen LogP contribution in [-0.4, -0.2) is 63.5 Å². The molecule has 1 unspecified atom stereocenters. The Morgan fingerprint density at radius 1 is 1.29 bits per heavy atom. The number of guanidine groups is 1. The smallest absolute Gasteiger partial charge is 0.257 e. The van der Waals surface area contributed by atoms with Gasteiger partial charge in [-0.15, -0.1) is 0 Å². The Morgan fingerprint density at radius 3 is 2.62 bits per heavy atom. The fourth-order valence-corrected chi connectivity index (χ4v) is 3.21. The molecule has 0 aliphatic carbocycles. The molecule has 0 aromatic heterocycles. The predicted octanol–water partition coefficient (Wildman–Crippen LogP) is 3.61. The van der Waals surface area contributed by atoms with Crippen LogP contribution in [0.4, 0.5) is 0 Å². The summed E-state index contributed by atoms with van der Waals surface area (Å²) in [5.74, 6) is 0.227. The predicted molar refractivity (Wildman–Crippen MR) is 136 cm³/mol. The third-order valence-electron chi connectivity index (χ3n) is 5.23. The number of nitrogens with two attached hydrogens (primary N) is 1. The summed E-state index contributed by atoms with van der Waals surface area (Å²) < 4.78 is 10.3. The largest absolute Gasteiger partial charge is 0.385 e. The van der Waals surface area contributed by atoms with E-state index in [-0.39, 0.29) is 12.1 Å². The molecule has 34 heavy (non-hydrogen) atoms. The van der Waals surface area contributed by atoms with E-state index in [1.807, 2.05) is 17.9 Å². The van der Waals surface area contributed by atoms with Gasteiger partial charge in [0.1, 0.15) is 6.23 Å². The van der Waals surface area contributed by atoms with E-state index in [9.17, 15) is 4.79 Å². The van der Waals surface area contributed by atoms with Crippen molar-refractivity contribution in [1.29, 1.82) is 5.26 Å². The van der Waals surface area contributed by atoms with Crippen LogP contribution in [0.2, 0.25) is 0 Å². The Morgan fingerprint density at radius 2 is 2.03 bits per heavy atom. The highest BCUT2D eigenvalue weighted by molar-refractivity contribution is 6.05. The number of carbonyl (C=O) groups is 1. The summed E-state index contributed by atoms with van der Waals surface area (Å²) in [5.41, 5.74) is 8.01. The molecule has 0 saturated carbocycles. The number of unbranched alkanes of at least 4 members (excludes halogenated alkanes) is 1. The number of rotatable bonds is 15. The monoisotopic (exact) mass is 469 g/mol. The second-order valence-corrected chi connectivity index (χ2v) is 7.74. The summed E-state index contributed by atoms with van der Waals surface area (Å²) >= 11 is 0. The van der Waals surface area contributed by atoms with Gasteiger partial charge >= 0.3 is 0 Å². The highest BCUT2D eigenvalue weighted by Crippen LogP contribution is 2.10. The second-order valence-electron chi connectivity index (χ2n) is 7.74. The van der Waals surface area contributed by atoms with Crippen LogP contribution < -0.4 is 11.1 Å². The number of aliphatic imine (C=N–C) groups is 1. The lowest BCUT2D eigenvalue weighted by Crippen LogP contribution is -2.45. The quantitative estimate of drug-likeness (QED) is 0.133. The lowest BCUT2D eigenvalue weighted by molar-refractivity contribution is 0.0956. The van der Waals surface area contributed by atoms with E-state index in [1.54, 1.807) is 38.5 Å². The van der Waals surface area contributed by atoms with Crippen molar-refractivity contribution in [3.05, 3.63) is 59.7 Å². The van der Waals surface area contributed by atoms with E-state index in [0.29, 0.717) is 43.1 Å². The number of carbonyl (C=O) groups excluding carboxylic acids is 1. The molecular weight excluding hydrogens is 430 g/mol. The minimum atomic E-state index is -0.332. The molecule has 8 nitrogen and oxygen atoms in total. The molecule has 0 fully saturated rings. The van der Waals surface area contributed by atoms with Crippen LogP contribution in [0.25, 0.3) is 0 Å². The third-order valence-corrected chi connectivity index (χ3v) is 5.23. The Hall–Kier alpha value is -2.99. The zero-order valence-corrected chi connectivity index (χ0v) is 20.8. The van der Waals surface area contributed by atoms with E-state index in [4.69, 9.17) is 20.5 Å². The van der Waals surface area contributed by atoms with Crippen molar-refractivity contribution in [2.24, 2.45) is 10.7 Å². The van der Waals surface area contributed by atoms with E-state index >= 15 is 0 Å². The first-order valence-corrected chi connectivity index (χ1v) is 11.7. The number of benzene rings is 1. The summed E-state index contributed by atoms with van der Waals surface area (Å²) in [5, 5.41) is 11.9. The Balaban J connectivity index is 2.99. The van der Waals surface area contributed by atoms with Crippen molar-refractivity contribution in [2.75, 3.05) is 40.5 Å². The first-order valence-electron chi connectivity index (χ1n) is 11.7. The van der Waals surface area contributed by atoms with Crippen LogP contribution in [0.5, 0.6) is 0 Å². The molecule has 0 aliphatic rings. The van der Waals surface area contributed by atoms with E-state index in [2.05, 4.69) is 29.0 Å². The second kappa shape index (κ2) is 17.5. The number of hydrogen-bond donors (Lipinski definition) is 2. The molecule has 8 heteroatoms. The fraction of sp³-hybridized carbons (Fsp3) is 0.500. The number of methoxy groups -OCH3 is 2. The minimum absolute atomic E-state index is 0.275. The number of nitriles is 1. The lowest BCUT2D eigenvalue weighted by atomic mass is 10.1. The summed E-state index contributed by atoms with van der Waals surface area (Å²) in [4.78, 5) is 19.5. The molecule has 0 spiro atoms. The first-order chi connectivity index (χ1) is 16.5. The molecule has 0 aliphatic heterocycles. The molecule has 0 radical (unpaired) electrons. The topological polar surface area (TPSA) is 113 Å². The number of nitrogens with zero attached hydrogens (tertiary/aromatic N) is 3. The van der Waals surface area contributed by atoms with Crippen molar-refractivity contribution < 1.29 is 14.3 Å². The molecule has 1 atom stereocenters. The number of ether oxygens (including phenoxy) is 2. The molecule has 1 amide bonds. The van der Waals surface area contributed by atoms with Gasteiger partial charge in [-0.1, -0.05) is 24.3 Å². The Kier molecular flexibility index (Phi) is 14.9. The molecule has 0 heterocycles. The molecule has 1 rings (SSSR count). The SMILES string of the molecule is C=C/C(=C\CN(CCCC(N)OC)C(=NCC)NC(=O)c1ccc(C#N)cc1)CCCCOC. The molecule has 1 aromatic rings. The average Bonchev–Trinajstić information content (AvgIpc) is 2.86. The molecule has 0 saturated heterocycles. The van der Waals surface area contributed by atoms with Crippen molar-refractivity contribution in [1.82, 2.24) is 10.2 Å². The van der Waals surface area contributed by atoms with E-state index in [0.717, 1.165) is 37.9 Å². The van der Waals surface area contributed by atoms with Crippen molar-refractivity contribution in [3.63, 3.8) is 0 Å². The van der Waals surface area contributed by atoms with Gasteiger partial charge in [0.05, 0.1) is 11.6 Å². The maximum atomic E-state index is 12.9. The van der Waals surface area contributed by atoms with Gasteiger partial charge in [0.15, 0.2) is 0 Å². The molecular formula is C26H39N5O3. The highest BCUT2D eigenvalue weighted by Gasteiger charge is 2.16. The van der Waals surface area contributed by atoms with Crippen LogP contribution in [0.1, 0.15) is 54.9 Å². The number of nitrogens with one attached hydrogen (secondary N) is 1. The summed E-state index contributed by atoms with van der Waals surface area (Å²) in [6.45, 7) is 8.35. The van der Waals surface area contributed by atoms with Gasteiger partial charge in [0.25, 0.3) is 5.91 Å². The Bertz CT molecular complexity index is 843. The van der Waals surface area contributed by atoms with Crippen LogP contribution in [0.3, 0.4) is 0 Å². The van der Waals surface area contributed by atoms with Crippen molar-refractivity contribution in [2.45, 2.75) is 45.3 Å². The average molecular weight is 470 g/mol. The van der Waals surface area contributed by atoms with Gasteiger partial charge in [-0.3, -0.25) is 15.1 Å². The summed E-state index contributed by atoms with van der Waals surface area (Å²) in [6, 6.07) is 8.57. The van der Waals surface area contributed by atoms with Crippen molar-refractivity contribution in [3.8, 4) is 6.07 Å². The number of amides is 1. The summed E-state index contributed by atoms with van der Waals surface area (Å²) in [7, 11) is 3.30. The van der Waals surface area contributed by atoms with Gasteiger partial charge in [-0.25, -0.2) is 0 Å². The molecule has 1 aromatic carbocycles. The fourth-order valence-electron chi connectivity index (χ4n) is 3.21. The van der Waals surface area contributed by atoms with Crippen LogP contribution in [0, 0.1) is 11.3 Å². The maximum Gasteiger partial charge on any atom is 0.257 e. The standard InChI is InChI=1S/C26H39N5O3/c1-5-21(10-7-8-19-33-3)16-18-31(17-9-11-24(28)34-4)26(29-6-2)30-25(32)23-14-12-22(20-27)13-15-23/h5,12-16,24H,1,6-11,17-19,28H2,2-4H3,(H,29,30,32)/b21-16+. The van der Waals surface area contributed by atoms with Gasteiger partial charge in [0, 0.05) is 46.0 Å². The van der Waals surface area contributed by atoms with E-state index < -0.39 is 0 Å². The van der Waals surface area contributed by atoms with Crippen LogP contribution in [0.15, 0.2) is 53.6 Å². The highest BCUT2D eigenvalue weighted by atomic mass is 16.5. The zero-order valence-electron chi connectivity index (χ0n) is 20.8. The molecule has 186 valence electrons. The molecule has 0 bridgehead atoms. The molecule has 3 N–H and O–H groups in total. The Labute approximate surface area is 204 Å². The van der Waals surface area contributed by atoms with Gasteiger partial charge in [0.2, 0.25) is 5.96 Å². The number of allylic oxidation sites excluding steroid dienone is 2. The van der Waals surface area contributed by atoms with Crippen molar-refractivity contribution >= 4 is 11.9 Å². The van der Waals surface area contributed by atoms with E-state index in [1.165, 1.54) is 0 Å². The zero-order chi connectivity index (χ0) is 25.2. The van der Waals surface area contributed by atoms with Gasteiger partial charge < -0.3 is 20.1 Å². The maximum absolute atomic E-state index is 12.9. The minimum Gasteiger partial charge on any atom is -0.385 e. The lowest BCUT2D eigenvalue weighted by Gasteiger charge is -2.26. The summed E-state index contributed by atoms with van der Waals surface area (Å²) in [6.07, 6.45) is 8.03. The normalized spacial score (nSPS) is 12.7.